The van der Waals surface area contributed by atoms with Gasteiger partial charge in [0.1, 0.15) is 0 Å². The van der Waals surface area contributed by atoms with E-state index in [2.05, 4.69) is 64.9 Å². The monoisotopic (exact) mass is 344 g/mol. The molecule has 138 valence electrons. The summed E-state index contributed by atoms with van der Waals surface area (Å²) in [6.07, 6.45) is 5.23. The number of guanidine groups is 1. The molecule has 0 aliphatic rings. The molecule has 0 spiro atoms. The van der Waals surface area contributed by atoms with Crippen molar-refractivity contribution in [3.05, 3.63) is 36.0 Å². The standard InChI is InChI=1S/C20H32N4O/c1-16(2)15-25-13-7-12-23-20(21-3)22-11-6-8-17-14-24-19-10-5-4-9-18(17)19/h4-5,9-10,14,16,24H,6-8,11-13,15H2,1-3H3,(H2,21,22,23). The molecule has 0 fully saturated rings. The number of aliphatic imine (C=N–C) groups is 1. The Bertz CT molecular complexity index is 648. The molecule has 0 radical (unpaired) electrons. The first-order chi connectivity index (χ1) is 12.2. The van der Waals surface area contributed by atoms with Crippen molar-refractivity contribution in [2.75, 3.05) is 33.4 Å². The number of benzene rings is 1. The lowest BCUT2D eigenvalue weighted by Crippen LogP contribution is -2.38. The number of para-hydroxylation sites is 1. The third kappa shape index (κ3) is 6.78. The summed E-state index contributed by atoms with van der Waals surface area (Å²) in [7, 11) is 1.81. The van der Waals surface area contributed by atoms with Gasteiger partial charge in [0.15, 0.2) is 5.96 Å². The quantitative estimate of drug-likeness (QED) is 0.352. The van der Waals surface area contributed by atoms with Gasteiger partial charge < -0.3 is 20.4 Å². The van der Waals surface area contributed by atoms with Crippen LogP contribution >= 0.6 is 0 Å². The van der Waals surface area contributed by atoms with Crippen molar-refractivity contribution in [1.29, 1.82) is 0 Å². The molecule has 1 heterocycles. The maximum atomic E-state index is 5.58. The molecule has 3 N–H and O–H groups in total. The summed E-state index contributed by atoms with van der Waals surface area (Å²) in [4.78, 5) is 7.60. The van der Waals surface area contributed by atoms with Crippen molar-refractivity contribution < 1.29 is 4.74 Å². The second kappa shape index (κ2) is 10.8. The van der Waals surface area contributed by atoms with E-state index < -0.39 is 0 Å². The highest BCUT2D eigenvalue weighted by Crippen LogP contribution is 2.18. The number of rotatable bonds is 10. The maximum Gasteiger partial charge on any atom is 0.190 e. The SMILES string of the molecule is CN=C(NCCCOCC(C)C)NCCCc1c[nH]c2ccccc12. The largest absolute Gasteiger partial charge is 0.381 e. The summed E-state index contributed by atoms with van der Waals surface area (Å²) in [5, 5.41) is 8.04. The fourth-order valence-electron chi connectivity index (χ4n) is 2.74. The first kappa shape index (κ1) is 19.3. The van der Waals surface area contributed by atoms with E-state index in [0.29, 0.717) is 5.92 Å². The van der Waals surface area contributed by atoms with Crippen LogP contribution in [0.2, 0.25) is 0 Å². The van der Waals surface area contributed by atoms with Gasteiger partial charge in [-0.1, -0.05) is 32.0 Å². The molecule has 1 aromatic heterocycles. The van der Waals surface area contributed by atoms with E-state index in [1.165, 1.54) is 16.5 Å². The van der Waals surface area contributed by atoms with Gasteiger partial charge in [-0.3, -0.25) is 4.99 Å². The van der Waals surface area contributed by atoms with Crippen LogP contribution in [0.1, 0.15) is 32.3 Å². The number of H-pyrrole nitrogens is 1. The van der Waals surface area contributed by atoms with Crippen LogP contribution in [0.3, 0.4) is 0 Å². The molecule has 0 unspecified atom stereocenters. The van der Waals surface area contributed by atoms with Crippen LogP contribution < -0.4 is 10.6 Å². The normalized spacial score (nSPS) is 12.1. The molecule has 0 bridgehead atoms. The predicted molar refractivity (Wildman–Crippen MR) is 106 cm³/mol. The zero-order valence-corrected chi connectivity index (χ0v) is 15.8. The van der Waals surface area contributed by atoms with Gasteiger partial charge in [0.25, 0.3) is 0 Å². The second-order valence-corrected chi connectivity index (χ2v) is 6.71. The molecule has 5 heteroatoms. The highest BCUT2D eigenvalue weighted by Gasteiger charge is 2.03. The van der Waals surface area contributed by atoms with Gasteiger partial charge in [0.2, 0.25) is 0 Å². The molecule has 2 aromatic rings. The van der Waals surface area contributed by atoms with Crippen molar-refractivity contribution in [3.63, 3.8) is 0 Å². The molecule has 1 aromatic carbocycles. The maximum absolute atomic E-state index is 5.58. The first-order valence-corrected chi connectivity index (χ1v) is 9.28. The van der Waals surface area contributed by atoms with E-state index in [1.807, 2.05) is 7.05 Å². The van der Waals surface area contributed by atoms with E-state index >= 15 is 0 Å². The van der Waals surface area contributed by atoms with Gasteiger partial charge >= 0.3 is 0 Å². The Balaban J connectivity index is 1.59. The van der Waals surface area contributed by atoms with Crippen molar-refractivity contribution in [2.45, 2.75) is 33.1 Å². The average molecular weight is 345 g/mol. The number of hydrogen-bond acceptors (Lipinski definition) is 2. The predicted octanol–water partition coefficient (Wildman–Crippen LogP) is 3.33. The molecule has 2 rings (SSSR count). The molecule has 25 heavy (non-hydrogen) atoms. The van der Waals surface area contributed by atoms with Crippen LogP contribution in [0.4, 0.5) is 0 Å². The van der Waals surface area contributed by atoms with E-state index in [9.17, 15) is 0 Å². The molecule has 5 nitrogen and oxygen atoms in total. The summed E-state index contributed by atoms with van der Waals surface area (Å²) >= 11 is 0. The Hall–Kier alpha value is -2.01. The van der Waals surface area contributed by atoms with Gasteiger partial charge in [0.05, 0.1) is 0 Å². The lowest BCUT2D eigenvalue weighted by molar-refractivity contribution is 0.108. The van der Waals surface area contributed by atoms with Crippen LogP contribution in [0.15, 0.2) is 35.5 Å². The molecule has 0 saturated heterocycles. The number of fused-ring (bicyclic) bond motifs is 1. The Kier molecular flexibility index (Phi) is 8.32. The Labute approximate surface area is 151 Å². The van der Waals surface area contributed by atoms with Crippen LogP contribution in [0.5, 0.6) is 0 Å². The van der Waals surface area contributed by atoms with Crippen molar-refractivity contribution >= 4 is 16.9 Å². The number of aryl methyl sites for hydroxylation is 1. The Morgan fingerprint density at radius 2 is 1.92 bits per heavy atom. The topological polar surface area (TPSA) is 61.4 Å². The second-order valence-electron chi connectivity index (χ2n) is 6.71. The molecule has 0 aliphatic heterocycles. The zero-order chi connectivity index (χ0) is 17.9. The van der Waals surface area contributed by atoms with Gasteiger partial charge in [-0.25, -0.2) is 0 Å². The number of aromatic nitrogens is 1. The summed E-state index contributed by atoms with van der Waals surface area (Å²) in [6, 6.07) is 8.45. The van der Waals surface area contributed by atoms with Gasteiger partial charge in [-0.05, 0) is 36.8 Å². The summed E-state index contributed by atoms with van der Waals surface area (Å²) in [5.74, 6) is 1.46. The summed E-state index contributed by atoms with van der Waals surface area (Å²) in [5.41, 5.74) is 2.59. The number of aromatic amines is 1. The van der Waals surface area contributed by atoms with Crippen molar-refractivity contribution in [3.8, 4) is 0 Å². The number of ether oxygens (including phenoxy) is 1. The smallest absolute Gasteiger partial charge is 0.190 e. The first-order valence-electron chi connectivity index (χ1n) is 9.28. The minimum atomic E-state index is 0.597. The fourth-order valence-corrected chi connectivity index (χ4v) is 2.74. The van der Waals surface area contributed by atoms with Crippen LogP contribution in [0.25, 0.3) is 10.9 Å². The molecule has 0 amide bonds. The fraction of sp³-hybridized carbons (Fsp3) is 0.550. The molecule has 0 atom stereocenters. The van der Waals surface area contributed by atoms with Crippen LogP contribution in [-0.4, -0.2) is 44.3 Å². The average Bonchev–Trinajstić information content (AvgIpc) is 3.02. The number of nitrogens with one attached hydrogen (secondary N) is 3. The zero-order valence-electron chi connectivity index (χ0n) is 15.8. The summed E-state index contributed by atoms with van der Waals surface area (Å²) in [6.45, 7) is 7.74. The highest BCUT2D eigenvalue weighted by molar-refractivity contribution is 5.83. The van der Waals surface area contributed by atoms with E-state index in [4.69, 9.17) is 4.74 Å². The minimum Gasteiger partial charge on any atom is -0.381 e. The molecule has 0 saturated carbocycles. The summed E-state index contributed by atoms with van der Waals surface area (Å²) < 4.78 is 5.58. The third-order valence-corrected chi connectivity index (χ3v) is 4.02. The van der Waals surface area contributed by atoms with E-state index in [0.717, 1.165) is 51.5 Å². The van der Waals surface area contributed by atoms with Crippen LogP contribution in [-0.2, 0) is 11.2 Å². The van der Waals surface area contributed by atoms with Gasteiger partial charge in [0, 0.05) is 50.5 Å². The molecular weight excluding hydrogens is 312 g/mol. The van der Waals surface area contributed by atoms with E-state index in [1.54, 1.807) is 0 Å². The Morgan fingerprint density at radius 3 is 2.68 bits per heavy atom. The van der Waals surface area contributed by atoms with Gasteiger partial charge in [-0.15, -0.1) is 0 Å². The number of hydrogen-bond donors (Lipinski definition) is 3. The molecule has 0 aliphatic carbocycles. The highest BCUT2D eigenvalue weighted by atomic mass is 16.5. The lowest BCUT2D eigenvalue weighted by Gasteiger charge is -2.12. The Morgan fingerprint density at radius 1 is 1.16 bits per heavy atom. The number of nitrogens with zero attached hydrogens (tertiary/aromatic N) is 1. The van der Waals surface area contributed by atoms with Gasteiger partial charge in [-0.2, -0.15) is 0 Å². The lowest BCUT2D eigenvalue weighted by atomic mass is 10.1. The minimum absolute atomic E-state index is 0.597. The molecular formula is C20H32N4O. The van der Waals surface area contributed by atoms with Crippen LogP contribution in [0, 0.1) is 5.92 Å². The van der Waals surface area contributed by atoms with Crippen molar-refractivity contribution in [2.24, 2.45) is 10.9 Å². The van der Waals surface area contributed by atoms with Crippen molar-refractivity contribution in [1.82, 2.24) is 15.6 Å². The third-order valence-electron chi connectivity index (χ3n) is 4.02. The van der Waals surface area contributed by atoms with E-state index in [-0.39, 0.29) is 0 Å².